The summed E-state index contributed by atoms with van der Waals surface area (Å²) >= 11 is 3.38. The molecule has 0 unspecified atom stereocenters. The summed E-state index contributed by atoms with van der Waals surface area (Å²) in [5, 5.41) is 2.87. The van der Waals surface area contributed by atoms with Crippen molar-refractivity contribution in [3.05, 3.63) is 100 Å². The summed E-state index contributed by atoms with van der Waals surface area (Å²) in [5.74, 6) is 0.469. The summed E-state index contributed by atoms with van der Waals surface area (Å²) < 4.78 is 6.91. The van der Waals surface area contributed by atoms with E-state index in [2.05, 4.69) is 21.2 Å². The minimum Gasteiger partial charge on any atom is -0.488 e. The molecule has 3 rings (SSSR count). The van der Waals surface area contributed by atoms with Gasteiger partial charge in [-0.2, -0.15) is 0 Å². The van der Waals surface area contributed by atoms with Gasteiger partial charge in [0.25, 0.3) is 5.91 Å². The summed E-state index contributed by atoms with van der Waals surface area (Å²) in [7, 11) is 0. The number of hydrogen-bond donors (Lipinski definition) is 2. The molecule has 0 aliphatic rings. The highest BCUT2D eigenvalue weighted by Gasteiger charge is 2.10. The Kier molecular flexibility index (Phi) is 7.00. The van der Waals surface area contributed by atoms with Gasteiger partial charge >= 0.3 is 0 Å². The molecule has 0 aromatic heterocycles. The molecule has 0 heterocycles. The second kappa shape index (κ2) is 9.88. The number of ether oxygens (including phenoxy) is 1. The van der Waals surface area contributed by atoms with Crippen LogP contribution in [0.15, 0.2) is 88.9 Å². The van der Waals surface area contributed by atoms with Gasteiger partial charge in [0, 0.05) is 27.8 Å². The molecule has 0 bridgehead atoms. The minimum atomic E-state index is -0.234. The molecule has 0 atom stereocenters. The Balaban J connectivity index is 1.76. The van der Waals surface area contributed by atoms with Gasteiger partial charge in [-0.15, -0.1) is 0 Å². The molecule has 0 aliphatic carbocycles. The molecule has 0 fully saturated rings. The summed E-state index contributed by atoms with van der Waals surface area (Å²) in [6, 6.07) is 24.9. The minimum absolute atomic E-state index is 0.120. The van der Waals surface area contributed by atoms with Crippen LogP contribution >= 0.6 is 15.9 Å². The number of rotatable bonds is 7. The second-order valence-corrected chi connectivity index (χ2v) is 7.06. The molecule has 28 heavy (non-hydrogen) atoms. The van der Waals surface area contributed by atoms with Crippen LogP contribution < -0.4 is 15.8 Å². The molecule has 3 N–H and O–H groups in total. The highest BCUT2D eigenvalue weighted by molar-refractivity contribution is 9.10. The van der Waals surface area contributed by atoms with Crippen molar-refractivity contribution in [1.29, 1.82) is 0 Å². The summed E-state index contributed by atoms with van der Waals surface area (Å²) in [6.45, 7) is 0.574. The van der Waals surface area contributed by atoms with Gasteiger partial charge in [0.05, 0.1) is 0 Å². The van der Waals surface area contributed by atoms with Gasteiger partial charge in [0.1, 0.15) is 12.4 Å². The van der Waals surface area contributed by atoms with Crippen molar-refractivity contribution in [3.63, 3.8) is 0 Å². The SMILES string of the molecule is NCC(=Cc1ccccc1OCc1ccccc1)C(=O)Nc1ccc(Br)cc1. The maximum absolute atomic E-state index is 12.6. The van der Waals surface area contributed by atoms with Crippen molar-refractivity contribution in [3.8, 4) is 5.75 Å². The molecule has 5 heteroatoms. The Morgan fingerprint density at radius 3 is 2.36 bits per heavy atom. The third-order valence-corrected chi connectivity index (χ3v) is 4.63. The van der Waals surface area contributed by atoms with E-state index >= 15 is 0 Å². The van der Waals surface area contributed by atoms with E-state index in [1.54, 1.807) is 6.08 Å². The zero-order chi connectivity index (χ0) is 19.8. The molecule has 0 radical (unpaired) electrons. The van der Waals surface area contributed by atoms with Gasteiger partial charge in [-0.1, -0.05) is 64.5 Å². The molecular formula is C23H21BrN2O2. The molecule has 0 saturated heterocycles. The number of para-hydroxylation sites is 1. The van der Waals surface area contributed by atoms with E-state index in [0.717, 1.165) is 15.6 Å². The molecule has 142 valence electrons. The lowest BCUT2D eigenvalue weighted by Gasteiger charge is -2.11. The Bertz CT molecular complexity index is 954. The standard InChI is InChI=1S/C23H21BrN2O2/c24-20-10-12-21(13-11-20)26-23(27)19(15-25)14-18-8-4-5-9-22(18)28-16-17-6-2-1-3-7-17/h1-14H,15-16,25H2,(H,26,27). The maximum Gasteiger partial charge on any atom is 0.252 e. The largest absolute Gasteiger partial charge is 0.488 e. The lowest BCUT2D eigenvalue weighted by atomic mass is 10.1. The number of halogens is 1. The van der Waals surface area contributed by atoms with Crippen molar-refractivity contribution in [2.24, 2.45) is 5.73 Å². The number of carbonyl (C=O) groups excluding carboxylic acids is 1. The highest BCUT2D eigenvalue weighted by atomic mass is 79.9. The normalized spacial score (nSPS) is 11.1. The predicted molar refractivity (Wildman–Crippen MR) is 117 cm³/mol. The van der Waals surface area contributed by atoms with Gasteiger partial charge in [-0.25, -0.2) is 0 Å². The highest BCUT2D eigenvalue weighted by Crippen LogP contribution is 2.23. The van der Waals surface area contributed by atoms with Crippen LogP contribution in [0, 0.1) is 0 Å². The zero-order valence-corrected chi connectivity index (χ0v) is 16.9. The number of nitrogens with one attached hydrogen (secondary N) is 1. The Morgan fingerprint density at radius 1 is 0.964 bits per heavy atom. The number of amides is 1. The summed E-state index contributed by atoms with van der Waals surface area (Å²) in [6.07, 6.45) is 1.77. The van der Waals surface area contributed by atoms with Gasteiger partial charge in [0.2, 0.25) is 0 Å². The number of nitrogens with two attached hydrogens (primary N) is 1. The molecule has 3 aromatic carbocycles. The lowest BCUT2D eigenvalue weighted by molar-refractivity contribution is -0.112. The van der Waals surface area contributed by atoms with Crippen LogP contribution in [0.5, 0.6) is 5.75 Å². The fourth-order valence-corrected chi connectivity index (χ4v) is 2.88. The van der Waals surface area contributed by atoms with Gasteiger partial charge < -0.3 is 15.8 Å². The molecule has 0 spiro atoms. The monoisotopic (exact) mass is 436 g/mol. The average Bonchev–Trinajstić information content (AvgIpc) is 2.73. The van der Waals surface area contributed by atoms with E-state index in [9.17, 15) is 4.79 Å². The Labute approximate surface area is 173 Å². The van der Waals surface area contributed by atoms with E-state index in [1.807, 2.05) is 78.9 Å². The summed E-state index contributed by atoms with van der Waals surface area (Å²) in [5.41, 5.74) is 8.90. The third kappa shape index (κ3) is 5.55. The first-order valence-electron chi connectivity index (χ1n) is 8.89. The van der Waals surface area contributed by atoms with E-state index < -0.39 is 0 Å². The fourth-order valence-electron chi connectivity index (χ4n) is 2.62. The van der Waals surface area contributed by atoms with E-state index in [4.69, 9.17) is 10.5 Å². The van der Waals surface area contributed by atoms with Crippen LogP contribution in [-0.4, -0.2) is 12.5 Å². The average molecular weight is 437 g/mol. The van der Waals surface area contributed by atoms with E-state index in [-0.39, 0.29) is 12.5 Å². The molecular weight excluding hydrogens is 416 g/mol. The van der Waals surface area contributed by atoms with E-state index in [1.165, 1.54) is 0 Å². The quantitative estimate of drug-likeness (QED) is 0.511. The summed E-state index contributed by atoms with van der Waals surface area (Å²) in [4.78, 5) is 12.6. The Morgan fingerprint density at radius 2 is 1.64 bits per heavy atom. The smallest absolute Gasteiger partial charge is 0.252 e. The first kappa shape index (κ1) is 19.9. The first-order valence-corrected chi connectivity index (χ1v) is 9.68. The fraction of sp³-hybridized carbons (Fsp3) is 0.0870. The number of hydrogen-bond acceptors (Lipinski definition) is 3. The van der Waals surface area contributed by atoms with E-state index in [0.29, 0.717) is 23.6 Å². The van der Waals surface area contributed by atoms with Crippen molar-refractivity contribution < 1.29 is 9.53 Å². The molecule has 3 aromatic rings. The molecule has 0 saturated carbocycles. The van der Waals surface area contributed by atoms with Gasteiger partial charge in [-0.05, 0) is 42.0 Å². The van der Waals surface area contributed by atoms with Crippen LogP contribution in [0.1, 0.15) is 11.1 Å². The molecule has 0 aliphatic heterocycles. The van der Waals surface area contributed by atoms with Crippen molar-refractivity contribution in [1.82, 2.24) is 0 Å². The molecule has 1 amide bonds. The van der Waals surface area contributed by atoms with Gasteiger partial charge in [-0.3, -0.25) is 4.79 Å². The number of benzene rings is 3. The van der Waals surface area contributed by atoms with Crippen LogP contribution in [-0.2, 0) is 11.4 Å². The topological polar surface area (TPSA) is 64.3 Å². The van der Waals surface area contributed by atoms with Crippen molar-refractivity contribution in [2.45, 2.75) is 6.61 Å². The molecule has 4 nitrogen and oxygen atoms in total. The van der Waals surface area contributed by atoms with Crippen LogP contribution in [0.2, 0.25) is 0 Å². The first-order chi connectivity index (χ1) is 13.7. The van der Waals surface area contributed by atoms with Crippen LogP contribution in [0.3, 0.4) is 0 Å². The maximum atomic E-state index is 12.6. The third-order valence-electron chi connectivity index (χ3n) is 4.10. The zero-order valence-electron chi connectivity index (χ0n) is 15.3. The van der Waals surface area contributed by atoms with Crippen molar-refractivity contribution in [2.75, 3.05) is 11.9 Å². The van der Waals surface area contributed by atoms with Crippen LogP contribution in [0.4, 0.5) is 5.69 Å². The second-order valence-electron chi connectivity index (χ2n) is 6.15. The Hall–Kier alpha value is -2.89. The lowest BCUT2D eigenvalue weighted by Crippen LogP contribution is -2.20. The number of anilines is 1. The predicted octanol–water partition coefficient (Wildman–Crippen LogP) is 5.01. The number of carbonyl (C=O) groups is 1. The van der Waals surface area contributed by atoms with Crippen molar-refractivity contribution >= 4 is 33.6 Å². The van der Waals surface area contributed by atoms with Gasteiger partial charge in [0.15, 0.2) is 0 Å². The van der Waals surface area contributed by atoms with Crippen LogP contribution in [0.25, 0.3) is 6.08 Å².